The number of anilines is 1. The first kappa shape index (κ1) is 17.3. The van der Waals surface area contributed by atoms with Crippen molar-refractivity contribution in [3.63, 3.8) is 0 Å². The van der Waals surface area contributed by atoms with Gasteiger partial charge < -0.3 is 14.8 Å². The summed E-state index contributed by atoms with van der Waals surface area (Å²) in [6.07, 6.45) is 1.12. The average molecular weight is 378 g/mol. The molecule has 0 saturated carbocycles. The fourth-order valence-corrected chi connectivity index (χ4v) is 2.48. The van der Waals surface area contributed by atoms with Crippen LogP contribution >= 0.6 is 15.9 Å². The summed E-state index contributed by atoms with van der Waals surface area (Å²) in [5.41, 5.74) is 1.27. The predicted molar refractivity (Wildman–Crippen MR) is 95.5 cm³/mol. The topological polar surface area (TPSA) is 47.6 Å². The normalized spacial score (nSPS) is 11.7. The Labute approximate surface area is 144 Å². The van der Waals surface area contributed by atoms with Crippen LogP contribution in [0.15, 0.2) is 46.9 Å². The van der Waals surface area contributed by atoms with Gasteiger partial charge in [0.05, 0.1) is 17.7 Å². The highest BCUT2D eigenvalue weighted by molar-refractivity contribution is 9.10. The molecule has 0 bridgehead atoms. The quantitative estimate of drug-likeness (QED) is 0.779. The van der Waals surface area contributed by atoms with E-state index in [1.54, 1.807) is 25.3 Å². The van der Waals surface area contributed by atoms with Crippen LogP contribution < -0.4 is 14.8 Å². The molecule has 122 valence electrons. The number of ether oxygens (including phenoxy) is 2. The van der Waals surface area contributed by atoms with Gasteiger partial charge in [0.2, 0.25) is 0 Å². The molecule has 0 aromatic heterocycles. The Morgan fingerprint density at radius 3 is 2.48 bits per heavy atom. The number of hydrogen-bond donors (Lipinski definition) is 1. The van der Waals surface area contributed by atoms with E-state index in [1.165, 1.54) is 0 Å². The number of rotatable bonds is 6. The minimum Gasteiger partial charge on any atom is -0.496 e. The van der Waals surface area contributed by atoms with Gasteiger partial charge in [-0.3, -0.25) is 4.79 Å². The lowest BCUT2D eigenvalue weighted by molar-refractivity contribution is 0.102. The van der Waals surface area contributed by atoms with Crippen molar-refractivity contribution < 1.29 is 14.3 Å². The Hall–Kier alpha value is -2.01. The fraction of sp³-hybridized carbons (Fsp3) is 0.278. The maximum atomic E-state index is 12.3. The first-order valence-corrected chi connectivity index (χ1v) is 8.24. The van der Waals surface area contributed by atoms with Crippen LogP contribution in [0.4, 0.5) is 5.69 Å². The van der Waals surface area contributed by atoms with Crippen molar-refractivity contribution in [3.05, 3.63) is 52.5 Å². The van der Waals surface area contributed by atoms with E-state index in [9.17, 15) is 4.79 Å². The molecule has 1 amide bonds. The molecule has 0 heterocycles. The highest BCUT2D eigenvalue weighted by Gasteiger charge is 2.09. The van der Waals surface area contributed by atoms with Crippen molar-refractivity contribution in [2.75, 3.05) is 12.4 Å². The van der Waals surface area contributed by atoms with Crippen molar-refractivity contribution in [1.29, 1.82) is 0 Å². The zero-order valence-electron chi connectivity index (χ0n) is 13.4. The lowest BCUT2D eigenvalue weighted by atomic mass is 10.2. The van der Waals surface area contributed by atoms with Gasteiger partial charge in [-0.05, 0) is 71.7 Å². The Morgan fingerprint density at radius 2 is 1.91 bits per heavy atom. The highest BCUT2D eigenvalue weighted by atomic mass is 79.9. The zero-order chi connectivity index (χ0) is 16.8. The monoisotopic (exact) mass is 377 g/mol. The largest absolute Gasteiger partial charge is 0.496 e. The van der Waals surface area contributed by atoms with Crippen LogP contribution in [0.3, 0.4) is 0 Å². The third-order valence-electron chi connectivity index (χ3n) is 3.44. The number of carbonyl (C=O) groups excluding carboxylic acids is 1. The van der Waals surface area contributed by atoms with Gasteiger partial charge >= 0.3 is 0 Å². The Kier molecular flexibility index (Phi) is 6.04. The van der Waals surface area contributed by atoms with Crippen molar-refractivity contribution in [1.82, 2.24) is 0 Å². The molecule has 2 rings (SSSR count). The van der Waals surface area contributed by atoms with Crippen LogP contribution in [-0.4, -0.2) is 19.1 Å². The third kappa shape index (κ3) is 4.73. The van der Waals surface area contributed by atoms with Crippen molar-refractivity contribution in [3.8, 4) is 11.5 Å². The van der Waals surface area contributed by atoms with Crippen LogP contribution in [0.2, 0.25) is 0 Å². The van der Waals surface area contributed by atoms with E-state index in [0.29, 0.717) is 11.3 Å². The second kappa shape index (κ2) is 8.02. The van der Waals surface area contributed by atoms with Gasteiger partial charge in [0.1, 0.15) is 11.5 Å². The molecule has 5 heteroatoms. The number of benzene rings is 2. The third-order valence-corrected chi connectivity index (χ3v) is 4.06. The van der Waals surface area contributed by atoms with Crippen LogP contribution in [0, 0.1) is 0 Å². The lowest BCUT2D eigenvalue weighted by Gasteiger charge is -2.13. The molecule has 0 aliphatic carbocycles. The predicted octanol–water partition coefficient (Wildman–Crippen LogP) is 4.89. The van der Waals surface area contributed by atoms with Gasteiger partial charge in [-0.2, -0.15) is 0 Å². The van der Waals surface area contributed by atoms with E-state index in [4.69, 9.17) is 9.47 Å². The zero-order valence-corrected chi connectivity index (χ0v) is 15.0. The van der Waals surface area contributed by atoms with Gasteiger partial charge in [0.15, 0.2) is 0 Å². The van der Waals surface area contributed by atoms with Crippen molar-refractivity contribution in [2.45, 2.75) is 26.4 Å². The number of hydrogen-bond acceptors (Lipinski definition) is 3. The number of carbonyl (C=O) groups is 1. The van der Waals surface area contributed by atoms with E-state index in [-0.39, 0.29) is 12.0 Å². The van der Waals surface area contributed by atoms with Gasteiger partial charge in [-0.15, -0.1) is 0 Å². The van der Waals surface area contributed by atoms with Crippen LogP contribution in [0.5, 0.6) is 11.5 Å². The molecule has 1 N–H and O–H groups in total. The Bertz CT molecular complexity index is 670. The van der Waals surface area contributed by atoms with E-state index in [0.717, 1.165) is 22.3 Å². The van der Waals surface area contributed by atoms with E-state index < -0.39 is 0 Å². The van der Waals surface area contributed by atoms with E-state index in [2.05, 4.69) is 28.2 Å². The summed E-state index contributed by atoms with van der Waals surface area (Å²) in [7, 11) is 1.59. The summed E-state index contributed by atoms with van der Waals surface area (Å²) in [5, 5.41) is 2.86. The van der Waals surface area contributed by atoms with Crippen LogP contribution in [0.25, 0.3) is 0 Å². The molecule has 0 fully saturated rings. The summed E-state index contributed by atoms with van der Waals surface area (Å²) in [4.78, 5) is 12.3. The van der Waals surface area contributed by atoms with Gasteiger partial charge in [-0.25, -0.2) is 0 Å². The minimum atomic E-state index is -0.177. The fourth-order valence-electron chi connectivity index (χ4n) is 1.94. The molecule has 23 heavy (non-hydrogen) atoms. The SMILES string of the molecule is CCC(C)Oc1ccc(NC(=O)c2ccc(OC)c(Br)c2)cc1. The lowest BCUT2D eigenvalue weighted by Crippen LogP contribution is -2.12. The standard InChI is InChI=1S/C18H20BrNO3/c1-4-12(2)23-15-8-6-14(7-9-15)20-18(21)13-5-10-17(22-3)16(19)11-13/h5-12H,4H2,1-3H3,(H,20,21). The molecule has 1 unspecified atom stereocenters. The van der Waals surface area contributed by atoms with Gasteiger partial charge in [0, 0.05) is 11.3 Å². The summed E-state index contributed by atoms with van der Waals surface area (Å²) in [6, 6.07) is 12.6. The highest BCUT2D eigenvalue weighted by Crippen LogP contribution is 2.26. The summed E-state index contributed by atoms with van der Waals surface area (Å²) >= 11 is 3.38. The first-order chi connectivity index (χ1) is 11.0. The maximum Gasteiger partial charge on any atom is 0.255 e. The molecule has 1 atom stereocenters. The van der Waals surface area contributed by atoms with Crippen molar-refractivity contribution >= 4 is 27.5 Å². The van der Waals surface area contributed by atoms with Crippen molar-refractivity contribution in [2.24, 2.45) is 0 Å². The molecule has 2 aromatic carbocycles. The van der Waals surface area contributed by atoms with Gasteiger partial charge in [-0.1, -0.05) is 6.92 Å². The molecule has 4 nitrogen and oxygen atoms in total. The second-order valence-electron chi connectivity index (χ2n) is 5.16. The van der Waals surface area contributed by atoms with Crippen LogP contribution in [-0.2, 0) is 0 Å². The molecule has 0 spiro atoms. The van der Waals surface area contributed by atoms with E-state index in [1.807, 2.05) is 31.2 Å². The minimum absolute atomic E-state index is 0.173. The number of amides is 1. The Morgan fingerprint density at radius 1 is 1.22 bits per heavy atom. The summed E-state index contributed by atoms with van der Waals surface area (Å²) in [6.45, 7) is 4.10. The average Bonchev–Trinajstić information content (AvgIpc) is 2.56. The van der Waals surface area contributed by atoms with Gasteiger partial charge in [0.25, 0.3) is 5.91 Å². The molecule has 2 aromatic rings. The molecule has 0 aliphatic heterocycles. The molecule has 0 aliphatic rings. The molecule has 0 saturated heterocycles. The maximum absolute atomic E-state index is 12.3. The molecular formula is C18H20BrNO3. The molecule has 0 radical (unpaired) electrons. The number of nitrogens with one attached hydrogen (secondary N) is 1. The van der Waals surface area contributed by atoms with Crippen LogP contribution in [0.1, 0.15) is 30.6 Å². The smallest absolute Gasteiger partial charge is 0.255 e. The summed E-state index contributed by atoms with van der Waals surface area (Å²) < 4.78 is 11.6. The summed E-state index contributed by atoms with van der Waals surface area (Å²) in [5.74, 6) is 1.31. The van der Waals surface area contributed by atoms with E-state index >= 15 is 0 Å². The molecular weight excluding hydrogens is 358 g/mol. The number of methoxy groups -OCH3 is 1. The first-order valence-electron chi connectivity index (χ1n) is 7.45. The second-order valence-corrected chi connectivity index (χ2v) is 6.02. The Balaban J connectivity index is 2.04. The number of halogens is 1.